The highest BCUT2D eigenvalue weighted by Crippen LogP contribution is 2.39. The van der Waals surface area contributed by atoms with Gasteiger partial charge >= 0.3 is 5.97 Å². The van der Waals surface area contributed by atoms with Gasteiger partial charge in [-0.2, -0.15) is 0 Å². The fourth-order valence-electron chi connectivity index (χ4n) is 3.57. The van der Waals surface area contributed by atoms with Crippen molar-refractivity contribution >= 4 is 11.9 Å². The zero-order valence-corrected chi connectivity index (χ0v) is 14.3. The average molecular weight is 331 g/mol. The molecule has 0 radical (unpaired) electrons. The third-order valence-corrected chi connectivity index (χ3v) is 5.02. The largest absolute Gasteiger partial charge is 0.487 e. The molecule has 1 aromatic carbocycles. The van der Waals surface area contributed by atoms with E-state index in [-0.39, 0.29) is 30.3 Å². The highest BCUT2D eigenvalue weighted by molar-refractivity contribution is 5.81. The lowest BCUT2D eigenvalue weighted by Gasteiger charge is -2.44. The second-order valence-electron chi connectivity index (χ2n) is 6.58. The molecule has 24 heavy (non-hydrogen) atoms. The van der Waals surface area contributed by atoms with Crippen LogP contribution in [-0.4, -0.2) is 42.1 Å². The maximum absolute atomic E-state index is 12.3. The number of nitrogens with zero attached hydrogens (tertiary/aromatic N) is 1. The molecule has 5 nitrogen and oxygen atoms in total. The molecule has 1 spiro atoms. The summed E-state index contributed by atoms with van der Waals surface area (Å²) in [4.78, 5) is 25.5. The van der Waals surface area contributed by atoms with Crippen LogP contribution in [0, 0.1) is 0 Å². The number of carbonyl (C=O) groups is 2. The van der Waals surface area contributed by atoms with E-state index in [1.54, 1.807) is 6.92 Å². The minimum Gasteiger partial charge on any atom is -0.487 e. The number of piperidine rings is 1. The third kappa shape index (κ3) is 3.71. The molecule has 130 valence electrons. The van der Waals surface area contributed by atoms with Gasteiger partial charge in [-0.05, 0) is 31.4 Å². The van der Waals surface area contributed by atoms with E-state index in [0.29, 0.717) is 19.7 Å². The first kappa shape index (κ1) is 16.8. The van der Waals surface area contributed by atoms with Crippen molar-refractivity contribution in [1.29, 1.82) is 0 Å². The number of hydrogen-bond donors (Lipinski definition) is 0. The van der Waals surface area contributed by atoms with E-state index in [4.69, 9.17) is 9.47 Å². The number of likely N-dealkylation sites (tertiary alicyclic amines) is 1. The Balaban J connectivity index is 1.51. The van der Waals surface area contributed by atoms with E-state index < -0.39 is 0 Å². The summed E-state index contributed by atoms with van der Waals surface area (Å²) in [6.45, 7) is 3.53. The van der Waals surface area contributed by atoms with Gasteiger partial charge in [0.15, 0.2) is 0 Å². The van der Waals surface area contributed by atoms with Crippen LogP contribution in [0.25, 0.3) is 0 Å². The summed E-state index contributed by atoms with van der Waals surface area (Å²) in [6, 6.07) is 8.21. The molecule has 0 bridgehead atoms. The summed E-state index contributed by atoms with van der Waals surface area (Å²) >= 11 is 0. The third-order valence-electron chi connectivity index (χ3n) is 5.02. The number of carbonyl (C=O) groups excluding carboxylic acids is 2. The van der Waals surface area contributed by atoms with Crippen LogP contribution in [0.4, 0.5) is 0 Å². The predicted octanol–water partition coefficient (Wildman–Crippen LogP) is 2.72. The maximum atomic E-state index is 12.3. The molecular formula is C19H25NO4. The van der Waals surface area contributed by atoms with Crippen molar-refractivity contribution < 1.29 is 19.1 Å². The smallest absolute Gasteiger partial charge is 0.306 e. The number of fused-ring (bicyclic) bond motifs is 1. The van der Waals surface area contributed by atoms with Crippen LogP contribution in [0.5, 0.6) is 5.75 Å². The fraction of sp³-hybridized carbons (Fsp3) is 0.579. The Bertz CT molecular complexity index is 605. The quantitative estimate of drug-likeness (QED) is 0.796. The normalized spacial score (nSPS) is 18.6. The molecule has 1 aromatic rings. The van der Waals surface area contributed by atoms with Gasteiger partial charge in [0, 0.05) is 32.4 Å². The Morgan fingerprint density at radius 2 is 1.92 bits per heavy atom. The van der Waals surface area contributed by atoms with Crippen molar-refractivity contribution in [2.45, 2.75) is 51.0 Å². The maximum Gasteiger partial charge on any atom is 0.306 e. The second kappa shape index (κ2) is 7.24. The van der Waals surface area contributed by atoms with Gasteiger partial charge in [-0.3, -0.25) is 9.59 Å². The van der Waals surface area contributed by atoms with Crippen molar-refractivity contribution in [3.63, 3.8) is 0 Å². The number of para-hydroxylation sites is 1. The summed E-state index contributed by atoms with van der Waals surface area (Å²) in [7, 11) is 0. The number of amides is 1. The Morgan fingerprint density at radius 1 is 1.17 bits per heavy atom. The lowest BCUT2D eigenvalue weighted by atomic mass is 9.83. The van der Waals surface area contributed by atoms with Gasteiger partial charge in [0.25, 0.3) is 0 Å². The van der Waals surface area contributed by atoms with E-state index >= 15 is 0 Å². The Labute approximate surface area is 142 Å². The number of esters is 1. The van der Waals surface area contributed by atoms with Gasteiger partial charge in [-0.1, -0.05) is 18.2 Å². The molecule has 0 unspecified atom stereocenters. The van der Waals surface area contributed by atoms with Crippen molar-refractivity contribution in [3.8, 4) is 5.75 Å². The molecule has 5 heteroatoms. The van der Waals surface area contributed by atoms with Crippen LogP contribution < -0.4 is 4.74 Å². The molecule has 0 N–H and O–H groups in total. The summed E-state index contributed by atoms with van der Waals surface area (Å²) in [5.41, 5.74) is 1.14. The molecule has 0 aliphatic carbocycles. The van der Waals surface area contributed by atoms with Crippen molar-refractivity contribution in [2.75, 3.05) is 19.7 Å². The second-order valence-corrected chi connectivity index (χ2v) is 6.58. The molecule has 2 aliphatic rings. The van der Waals surface area contributed by atoms with Crippen molar-refractivity contribution in [1.82, 2.24) is 4.90 Å². The molecule has 1 fully saturated rings. The van der Waals surface area contributed by atoms with Gasteiger partial charge in [-0.15, -0.1) is 0 Å². The molecule has 0 aromatic heterocycles. The highest BCUT2D eigenvalue weighted by atomic mass is 16.5. The van der Waals surface area contributed by atoms with Gasteiger partial charge in [0.2, 0.25) is 5.91 Å². The summed E-state index contributed by atoms with van der Waals surface area (Å²) in [5.74, 6) is 0.728. The zero-order chi connectivity index (χ0) is 17.0. The Morgan fingerprint density at radius 3 is 2.67 bits per heavy atom. The number of aryl methyl sites for hydroxylation is 1. The minimum absolute atomic E-state index is 0.0362. The van der Waals surface area contributed by atoms with E-state index in [1.165, 1.54) is 5.56 Å². The number of benzene rings is 1. The van der Waals surface area contributed by atoms with Gasteiger partial charge < -0.3 is 14.4 Å². The van der Waals surface area contributed by atoms with E-state index in [2.05, 4.69) is 6.07 Å². The first-order chi connectivity index (χ1) is 11.6. The van der Waals surface area contributed by atoms with Crippen molar-refractivity contribution in [3.05, 3.63) is 29.8 Å². The SMILES string of the molecule is CCOC(=O)CCC(=O)N1CCC2(CCc3ccccc3O2)CC1. The standard InChI is InChI=1S/C19H25NO4/c1-2-23-18(22)8-7-17(21)20-13-11-19(12-14-20)10-9-15-5-3-4-6-16(15)24-19/h3-6H,2,7-14H2,1H3. The first-order valence-corrected chi connectivity index (χ1v) is 8.82. The van der Waals surface area contributed by atoms with Crippen molar-refractivity contribution in [2.24, 2.45) is 0 Å². The topological polar surface area (TPSA) is 55.8 Å². The predicted molar refractivity (Wildman–Crippen MR) is 89.8 cm³/mol. The molecular weight excluding hydrogens is 306 g/mol. The molecule has 3 rings (SSSR count). The van der Waals surface area contributed by atoms with Gasteiger partial charge in [0.1, 0.15) is 11.4 Å². The van der Waals surface area contributed by atoms with E-state index in [9.17, 15) is 9.59 Å². The average Bonchev–Trinajstić information content (AvgIpc) is 2.60. The van der Waals surface area contributed by atoms with Gasteiger partial charge in [0.05, 0.1) is 13.0 Å². The van der Waals surface area contributed by atoms with Crippen LogP contribution in [-0.2, 0) is 20.7 Å². The molecule has 2 aliphatic heterocycles. The minimum atomic E-state index is -0.299. The number of hydrogen-bond acceptors (Lipinski definition) is 4. The monoisotopic (exact) mass is 331 g/mol. The molecule has 0 saturated carbocycles. The molecule has 0 atom stereocenters. The van der Waals surface area contributed by atoms with Crippen LogP contribution in [0.1, 0.15) is 44.6 Å². The fourth-order valence-corrected chi connectivity index (χ4v) is 3.57. The summed E-state index contributed by atoms with van der Waals surface area (Å²) in [5, 5.41) is 0. The van der Waals surface area contributed by atoms with E-state index in [1.807, 2.05) is 23.1 Å². The number of ether oxygens (including phenoxy) is 2. The van der Waals surface area contributed by atoms with Crippen LogP contribution in [0.3, 0.4) is 0 Å². The Hall–Kier alpha value is -2.04. The summed E-state index contributed by atoms with van der Waals surface area (Å²) < 4.78 is 11.2. The summed E-state index contributed by atoms with van der Waals surface area (Å²) in [6.07, 6.45) is 4.15. The molecule has 1 amide bonds. The lowest BCUT2D eigenvalue weighted by molar-refractivity contribution is -0.146. The van der Waals surface area contributed by atoms with Crippen LogP contribution in [0.2, 0.25) is 0 Å². The Kier molecular flexibility index (Phi) is 5.07. The van der Waals surface area contributed by atoms with Crippen LogP contribution in [0.15, 0.2) is 24.3 Å². The molecule has 2 heterocycles. The first-order valence-electron chi connectivity index (χ1n) is 8.82. The van der Waals surface area contributed by atoms with Gasteiger partial charge in [-0.25, -0.2) is 0 Å². The number of rotatable bonds is 4. The molecule has 1 saturated heterocycles. The lowest BCUT2D eigenvalue weighted by Crippen LogP contribution is -2.51. The van der Waals surface area contributed by atoms with Crippen LogP contribution >= 0.6 is 0 Å². The highest BCUT2D eigenvalue weighted by Gasteiger charge is 2.40. The van der Waals surface area contributed by atoms with E-state index in [0.717, 1.165) is 31.4 Å². The zero-order valence-electron chi connectivity index (χ0n) is 14.3.